The number of nitrogens with two attached hydrogens (primary N) is 1. The van der Waals surface area contributed by atoms with Gasteiger partial charge in [-0.1, -0.05) is 50.5 Å². The van der Waals surface area contributed by atoms with Crippen molar-refractivity contribution in [1.29, 1.82) is 0 Å². The molecule has 6 nitrogen and oxygen atoms in total. The first-order valence-corrected chi connectivity index (χ1v) is 11.1. The molecule has 1 aliphatic carbocycles. The smallest absolute Gasteiger partial charge is 0.277 e. The summed E-state index contributed by atoms with van der Waals surface area (Å²) >= 11 is 0. The van der Waals surface area contributed by atoms with E-state index in [-0.39, 0.29) is 18.6 Å². The van der Waals surface area contributed by atoms with Gasteiger partial charge in [-0.3, -0.25) is 4.79 Å². The first-order valence-electron chi connectivity index (χ1n) is 11.1. The van der Waals surface area contributed by atoms with E-state index in [1.807, 2.05) is 19.9 Å². The fourth-order valence-corrected chi connectivity index (χ4v) is 4.35. The van der Waals surface area contributed by atoms with E-state index in [0.29, 0.717) is 18.3 Å². The van der Waals surface area contributed by atoms with Crippen molar-refractivity contribution in [3.8, 4) is 0 Å². The van der Waals surface area contributed by atoms with Gasteiger partial charge < -0.3 is 25.4 Å². The number of primary amides is 1. The van der Waals surface area contributed by atoms with Crippen molar-refractivity contribution in [2.75, 3.05) is 0 Å². The van der Waals surface area contributed by atoms with Crippen LogP contribution in [0.15, 0.2) is 24.3 Å². The summed E-state index contributed by atoms with van der Waals surface area (Å²) in [7, 11) is 0. The Morgan fingerprint density at radius 3 is 2.59 bits per heavy atom. The van der Waals surface area contributed by atoms with Gasteiger partial charge >= 0.3 is 0 Å². The Hall–Kier alpha value is -1.21. The number of fused-ring (bicyclic) bond motifs is 1. The number of carbonyl (C=O) groups is 1. The van der Waals surface area contributed by atoms with Gasteiger partial charge in [0.05, 0.1) is 12.2 Å². The second kappa shape index (κ2) is 10.7. The zero-order valence-electron chi connectivity index (χ0n) is 18.2. The number of rotatable bonds is 12. The quantitative estimate of drug-likeness (QED) is 0.260. The summed E-state index contributed by atoms with van der Waals surface area (Å²) in [5.74, 6) is -3.34. The normalized spacial score (nSPS) is 29.1. The molecule has 1 aliphatic heterocycles. The van der Waals surface area contributed by atoms with Crippen LogP contribution in [-0.4, -0.2) is 39.9 Å². The number of hydrogen-bond acceptors (Lipinski definition) is 5. The molecule has 0 unspecified atom stereocenters. The van der Waals surface area contributed by atoms with Crippen LogP contribution in [0.4, 0.5) is 0 Å². The summed E-state index contributed by atoms with van der Waals surface area (Å²) in [5, 5.41) is 19.0. The Bertz CT molecular complexity index is 584. The summed E-state index contributed by atoms with van der Waals surface area (Å²) in [5.41, 5.74) is 4.96. The molecule has 2 fully saturated rings. The predicted molar refractivity (Wildman–Crippen MR) is 113 cm³/mol. The molecule has 0 aromatic heterocycles. The van der Waals surface area contributed by atoms with Gasteiger partial charge in [-0.05, 0) is 51.9 Å². The van der Waals surface area contributed by atoms with E-state index in [0.717, 1.165) is 19.3 Å². The Labute approximate surface area is 175 Å². The van der Waals surface area contributed by atoms with Gasteiger partial charge in [0.15, 0.2) is 5.79 Å². The maximum absolute atomic E-state index is 10.9. The third kappa shape index (κ3) is 7.21. The minimum atomic E-state index is -2.44. The summed E-state index contributed by atoms with van der Waals surface area (Å²) in [6.07, 6.45) is 17.0. The standard InChI is InChI=1S/C23H39NO5/c1-4-5-6-7-8-11-14-18-17(16-19-20(18)29-22(2,3)28-19)13-10-9-12-15-23(26,27)21(24)25/h9-11,14,17-20,26-27H,4-8,12-13,15-16H2,1-3H3,(H2,24,25)/t17-,18+,19+,20-/m0/s1. The molecule has 1 saturated heterocycles. The number of hydrogen-bond donors (Lipinski definition) is 3. The van der Waals surface area contributed by atoms with Crippen LogP contribution < -0.4 is 5.73 Å². The van der Waals surface area contributed by atoms with Gasteiger partial charge in [-0.25, -0.2) is 0 Å². The first-order chi connectivity index (χ1) is 13.7. The van der Waals surface area contributed by atoms with Crippen molar-refractivity contribution in [3.63, 3.8) is 0 Å². The minimum Gasteiger partial charge on any atom is -0.365 e. The fourth-order valence-electron chi connectivity index (χ4n) is 4.35. The van der Waals surface area contributed by atoms with E-state index in [2.05, 4.69) is 25.2 Å². The molecule has 1 amide bonds. The summed E-state index contributed by atoms with van der Waals surface area (Å²) in [4.78, 5) is 10.9. The number of aliphatic hydroxyl groups is 2. The molecule has 29 heavy (non-hydrogen) atoms. The fraction of sp³-hybridized carbons (Fsp3) is 0.783. The van der Waals surface area contributed by atoms with Crippen LogP contribution in [0.3, 0.4) is 0 Å². The number of allylic oxidation sites excluding steroid dienone is 3. The second-order valence-electron chi connectivity index (χ2n) is 8.92. The molecule has 0 bridgehead atoms. The van der Waals surface area contributed by atoms with Crippen LogP contribution in [0, 0.1) is 11.8 Å². The molecule has 1 heterocycles. The molecule has 166 valence electrons. The van der Waals surface area contributed by atoms with Crippen LogP contribution in [0.1, 0.15) is 78.6 Å². The zero-order chi connectivity index (χ0) is 21.5. The third-order valence-electron chi connectivity index (χ3n) is 5.92. The summed E-state index contributed by atoms with van der Waals surface area (Å²) in [6, 6.07) is 0. The molecule has 4 atom stereocenters. The van der Waals surface area contributed by atoms with E-state index in [9.17, 15) is 15.0 Å². The van der Waals surface area contributed by atoms with Gasteiger partial charge in [0.2, 0.25) is 5.79 Å². The van der Waals surface area contributed by atoms with Gasteiger partial charge in [0, 0.05) is 12.3 Å². The Balaban J connectivity index is 1.88. The average Bonchev–Trinajstić information content (AvgIpc) is 3.09. The van der Waals surface area contributed by atoms with Crippen molar-refractivity contribution < 1.29 is 24.5 Å². The molecule has 6 heteroatoms. The average molecular weight is 410 g/mol. The van der Waals surface area contributed by atoms with Gasteiger partial charge in [-0.15, -0.1) is 0 Å². The van der Waals surface area contributed by atoms with Crippen molar-refractivity contribution in [2.24, 2.45) is 17.6 Å². The molecule has 0 aromatic rings. The highest BCUT2D eigenvalue weighted by Crippen LogP contribution is 2.46. The molecule has 2 aliphatic rings. The molecule has 0 spiro atoms. The van der Waals surface area contributed by atoms with Gasteiger partial charge in [0.1, 0.15) is 0 Å². The van der Waals surface area contributed by atoms with E-state index in [1.54, 1.807) is 0 Å². The lowest BCUT2D eigenvalue weighted by molar-refractivity contribution is -0.183. The third-order valence-corrected chi connectivity index (χ3v) is 5.92. The number of ether oxygens (including phenoxy) is 2. The molecule has 0 radical (unpaired) electrons. The topological polar surface area (TPSA) is 102 Å². The number of carbonyl (C=O) groups excluding carboxylic acids is 1. The second-order valence-corrected chi connectivity index (χ2v) is 8.92. The minimum absolute atomic E-state index is 0.0905. The van der Waals surface area contributed by atoms with Crippen LogP contribution >= 0.6 is 0 Å². The van der Waals surface area contributed by atoms with Gasteiger partial charge in [0.25, 0.3) is 5.91 Å². The van der Waals surface area contributed by atoms with Crippen molar-refractivity contribution in [3.05, 3.63) is 24.3 Å². The van der Waals surface area contributed by atoms with Crippen LogP contribution in [0.5, 0.6) is 0 Å². The van der Waals surface area contributed by atoms with Crippen LogP contribution in [-0.2, 0) is 14.3 Å². The van der Waals surface area contributed by atoms with E-state index >= 15 is 0 Å². The van der Waals surface area contributed by atoms with Crippen LogP contribution in [0.2, 0.25) is 0 Å². The monoisotopic (exact) mass is 409 g/mol. The lowest BCUT2D eigenvalue weighted by Crippen LogP contribution is -2.43. The summed E-state index contributed by atoms with van der Waals surface area (Å²) < 4.78 is 12.3. The van der Waals surface area contributed by atoms with Crippen LogP contribution in [0.25, 0.3) is 0 Å². The number of amides is 1. The maximum Gasteiger partial charge on any atom is 0.277 e. The zero-order valence-corrected chi connectivity index (χ0v) is 18.2. The largest absolute Gasteiger partial charge is 0.365 e. The van der Waals surface area contributed by atoms with Crippen molar-refractivity contribution in [2.45, 2.75) is 102 Å². The summed E-state index contributed by atoms with van der Waals surface area (Å²) in [6.45, 7) is 6.17. The highest BCUT2D eigenvalue weighted by molar-refractivity contribution is 5.81. The van der Waals surface area contributed by atoms with E-state index in [4.69, 9.17) is 15.2 Å². The SMILES string of the molecule is CCCCCCC=C[C@@H]1[C@@H](CC=CCCC(O)(O)C(N)=O)C[C@H]2OC(C)(C)O[C@@H]12. The van der Waals surface area contributed by atoms with Crippen molar-refractivity contribution in [1.82, 2.24) is 0 Å². The molecule has 1 saturated carbocycles. The van der Waals surface area contributed by atoms with Gasteiger partial charge in [-0.2, -0.15) is 0 Å². The Morgan fingerprint density at radius 1 is 1.14 bits per heavy atom. The van der Waals surface area contributed by atoms with E-state index < -0.39 is 17.5 Å². The highest BCUT2D eigenvalue weighted by atomic mass is 16.8. The molecule has 0 aromatic carbocycles. The first kappa shape index (κ1) is 24.1. The molecular weight excluding hydrogens is 370 g/mol. The lowest BCUT2D eigenvalue weighted by atomic mass is 9.90. The molecule has 4 N–H and O–H groups in total. The van der Waals surface area contributed by atoms with E-state index in [1.165, 1.54) is 25.7 Å². The molecule has 2 rings (SSSR count). The number of unbranched alkanes of at least 4 members (excludes halogenated alkanes) is 4. The lowest BCUT2D eigenvalue weighted by Gasteiger charge is -2.24. The Morgan fingerprint density at radius 2 is 1.90 bits per heavy atom. The highest BCUT2D eigenvalue weighted by Gasteiger charge is 2.51. The predicted octanol–water partition coefficient (Wildman–Crippen LogP) is 3.56. The Kier molecular flexibility index (Phi) is 8.89. The molecular formula is C23H39NO5. The maximum atomic E-state index is 10.9. The van der Waals surface area contributed by atoms with Crippen molar-refractivity contribution >= 4 is 5.91 Å².